The fourth-order valence-electron chi connectivity index (χ4n) is 2.19. The fourth-order valence-corrected chi connectivity index (χ4v) is 3.41. The van der Waals surface area contributed by atoms with E-state index in [2.05, 4.69) is 15.5 Å². The molecule has 4 nitrogen and oxygen atoms in total. The summed E-state index contributed by atoms with van der Waals surface area (Å²) in [5.74, 6) is 4.62. The Labute approximate surface area is 93.2 Å². The summed E-state index contributed by atoms with van der Waals surface area (Å²) in [6.07, 6.45) is 3.53. The zero-order chi connectivity index (χ0) is 10.1. The number of thioether (sulfide) groups is 1. The zero-order valence-corrected chi connectivity index (χ0v) is 9.42. The molecule has 3 rings (SSSR count). The van der Waals surface area contributed by atoms with Crippen molar-refractivity contribution in [2.75, 3.05) is 18.1 Å². The van der Waals surface area contributed by atoms with Crippen LogP contribution >= 0.6 is 11.8 Å². The number of nitrogens with one attached hydrogen (secondary N) is 1. The van der Waals surface area contributed by atoms with E-state index in [-0.39, 0.29) is 0 Å². The molecule has 0 bridgehead atoms. The molecule has 0 aliphatic carbocycles. The largest absolute Gasteiger partial charge is 0.338 e. The molecule has 1 aromatic rings. The molecular weight excluding hydrogens is 210 g/mol. The van der Waals surface area contributed by atoms with Crippen LogP contribution in [0.3, 0.4) is 0 Å². The maximum absolute atomic E-state index is 5.33. The lowest BCUT2D eigenvalue weighted by molar-refractivity contribution is 0.339. The Bertz CT molecular complexity index is 299. The number of aromatic nitrogens is 2. The van der Waals surface area contributed by atoms with E-state index >= 15 is 0 Å². The molecule has 15 heavy (non-hydrogen) atoms. The van der Waals surface area contributed by atoms with E-state index < -0.39 is 0 Å². The first-order valence-corrected chi connectivity index (χ1v) is 6.73. The quantitative estimate of drug-likeness (QED) is 0.830. The summed E-state index contributed by atoms with van der Waals surface area (Å²) in [6, 6.07) is 0.306. The third-order valence-electron chi connectivity index (χ3n) is 3.11. The molecule has 2 aliphatic rings. The average Bonchev–Trinajstić information content (AvgIpc) is 3.02. The van der Waals surface area contributed by atoms with Crippen molar-refractivity contribution in [3.05, 3.63) is 11.7 Å². The SMILES string of the molecule is C1CNC(c2nc(C3CCSC3)no2)C1. The molecule has 1 N–H and O–H groups in total. The van der Waals surface area contributed by atoms with E-state index in [1.165, 1.54) is 18.6 Å². The minimum absolute atomic E-state index is 0.306. The summed E-state index contributed by atoms with van der Waals surface area (Å²) in [5.41, 5.74) is 0. The predicted octanol–water partition coefficient (Wildman–Crippen LogP) is 1.71. The Hall–Kier alpha value is -0.550. The highest BCUT2D eigenvalue weighted by molar-refractivity contribution is 7.99. The van der Waals surface area contributed by atoms with Crippen LogP contribution in [0, 0.1) is 0 Å². The minimum Gasteiger partial charge on any atom is -0.338 e. The molecule has 2 saturated heterocycles. The van der Waals surface area contributed by atoms with Crippen molar-refractivity contribution < 1.29 is 4.52 Å². The lowest BCUT2D eigenvalue weighted by Gasteiger charge is -2.02. The van der Waals surface area contributed by atoms with E-state index in [1.54, 1.807) is 0 Å². The third kappa shape index (κ3) is 1.90. The van der Waals surface area contributed by atoms with Crippen LogP contribution < -0.4 is 5.32 Å². The van der Waals surface area contributed by atoms with Crippen LogP contribution in [0.1, 0.15) is 42.9 Å². The zero-order valence-electron chi connectivity index (χ0n) is 8.61. The third-order valence-corrected chi connectivity index (χ3v) is 4.27. The second kappa shape index (κ2) is 4.14. The van der Waals surface area contributed by atoms with E-state index in [9.17, 15) is 0 Å². The van der Waals surface area contributed by atoms with Crippen molar-refractivity contribution in [3.8, 4) is 0 Å². The molecule has 2 atom stereocenters. The Morgan fingerprint density at radius 2 is 2.40 bits per heavy atom. The number of nitrogens with zero attached hydrogens (tertiary/aromatic N) is 2. The van der Waals surface area contributed by atoms with Gasteiger partial charge in [-0.1, -0.05) is 5.16 Å². The molecule has 0 aromatic carbocycles. The van der Waals surface area contributed by atoms with Crippen LogP contribution in [0.5, 0.6) is 0 Å². The summed E-state index contributed by atoms with van der Waals surface area (Å²) in [6.45, 7) is 1.07. The second-order valence-electron chi connectivity index (χ2n) is 4.20. The molecule has 5 heteroatoms. The van der Waals surface area contributed by atoms with Gasteiger partial charge in [-0.2, -0.15) is 16.7 Å². The van der Waals surface area contributed by atoms with E-state index in [1.807, 2.05) is 11.8 Å². The predicted molar refractivity (Wildman–Crippen MR) is 59.0 cm³/mol. The van der Waals surface area contributed by atoms with Crippen molar-refractivity contribution in [1.29, 1.82) is 0 Å². The van der Waals surface area contributed by atoms with Crippen LogP contribution in [-0.4, -0.2) is 28.2 Å². The van der Waals surface area contributed by atoms with Crippen LogP contribution in [0.2, 0.25) is 0 Å². The monoisotopic (exact) mass is 225 g/mol. The highest BCUT2D eigenvalue weighted by atomic mass is 32.2. The summed E-state index contributed by atoms with van der Waals surface area (Å²) >= 11 is 1.98. The molecule has 0 saturated carbocycles. The van der Waals surface area contributed by atoms with Crippen LogP contribution in [0.25, 0.3) is 0 Å². The van der Waals surface area contributed by atoms with Gasteiger partial charge in [-0.15, -0.1) is 0 Å². The van der Waals surface area contributed by atoms with Gasteiger partial charge in [0.1, 0.15) is 0 Å². The molecule has 82 valence electrons. The van der Waals surface area contributed by atoms with E-state index in [4.69, 9.17) is 4.52 Å². The topological polar surface area (TPSA) is 51.0 Å². The standard InChI is InChI=1S/C10H15N3OS/c1-2-8(11-4-1)10-12-9(13-14-10)7-3-5-15-6-7/h7-8,11H,1-6H2. The molecule has 2 aliphatic heterocycles. The summed E-state index contributed by atoms with van der Waals surface area (Å²) < 4.78 is 5.33. The Morgan fingerprint density at radius 3 is 3.13 bits per heavy atom. The molecule has 0 spiro atoms. The fraction of sp³-hybridized carbons (Fsp3) is 0.800. The van der Waals surface area contributed by atoms with Crippen LogP contribution in [-0.2, 0) is 0 Å². The van der Waals surface area contributed by atoms with Crippen LogP contribution in [0.4, 0.5) is 0 Å². The first-order valence-electron chi connectivity index (χ1n) is 5.58. The average molecular weight is 225 g/mol. The lowest BCUT2D eigenvalue weighted by Crippen LogP contribution is -2.13. The minimum atomic E-state index is 0.306. The summed E-state index contributed by atoms with van der Waals surface area (Å²) in [4.78, 5) is 4.52. The summed E-state index contributed by atoms with van der Waals surface area (Å²) in [5, 5.41) is 7.48. The van der Waals surface area contributed by atoms with Gasteiger partial charge in [0, 0.05) is 11.7 Å². The van der Waals surface area contributed by atoms with Crippen molar-refractivity contribution in [2.24, 2.45) is 0 Å². The van der Waals surface area contributed by atoms with E-state index in [0.29, 0.717) is 12.0 Å². The highest BCUT2D eigenvalue weighted by Gasteiger charge is 2.26. The highest BCUT2D eigenvalue weighted by Crippen LogP contribution is 2.31. The van der Waals surface area contributed by atoms with Crippen molar-refractivity contribution in [3.63, 3.8) is 0 Å². The Kier molecular flexibility index (Phi) is 2.66. The first-order chi connectivity index (χ1) is 7.43. The first kappa shape index (κ1) is 9.66. The Morgan fingerprint density at radius 1 is 1.40 bits per heavy atom. The number of rotatable bonds is 2. The normalized spacial score (nSPS) is 31.2. The van der Waals surface area contributed by atoms with Gasteiger partial charge in [0.05, 0.1) is 6.04 Å². The Balaban J connectivity index is 1.74. The molecule has 2 unspecified atom stereocenters. The molecule has 0 radical (unpaired) electrons. The molecular formula is C10H15N3OS. The van der Waals surface area contributed by atoms with Gasteiger partial charge in [0.15, 0.2) is 5.82 Å². The van der Waals surface area contributed by atoms with Gasteiger partial charge in [-0.05, 0) is 31.6 Å². The molecule has 0 amide bonds. The number of hydrogen-bond donors (Lipinski definition) is 1. The van der Waals surface area contributed by atoms with E-state index in [0.717, 1.165) is 30.4 Å². The van der Waals surface area contributed by atoms with Crippen LogP contribution in [0.15, 0.2) is 4.52 Å². The molecule has 3 heterocycles. The maximum atomic E-state index is 5.33. The smallest absolute Gasteiger partial charge is 0.243 e. The summed E-state index contributed by atoms with van der Waals surface area (Å²) in [7, 11) is 0. The number of hydrogen-bond acceptors (Lipinski definition) is 5. The molecule has 1 aromatic heterocycles. The second-order valence-corrected chi connectivity index (χ2v) is 5.35. The maximum Gasteiger partial charge on any atom is 0.243 e. The van der Waals surface area contributed by atoms with Crippen molar-refractivity contribution >= 4 is 11.8 Å². The van der Waals surface area contributed by atoms with Crippen molar-refractivity contribution in [1.82, 2.24) is 15.5 Å². The van der Waals surface area contributed by atoms with Gasteiger partial charge in [-0.25, -0.2) is 0 Å². The lowest BCUT2D eigenvalue weighted by atomic mass is 10.1. The van der Waals surface area contributed by atoms with Gasteiger partial charge < -0.3 is 9.84 Å². The van der Waals surface area contributed by atoms with Crippen molar-refractivity contribution in [2.45, 2.75) is 31.2 Å². The van der Waals surface area contributed by atoms with Gasteiger partial charge in [0.2, 0.25) is 5.89 Å². The molecule has 2 fully saturated rings. The van der Waals surface area contributed by atoms with Gasteiger partial charge >= 0.3 is 0 Å². The van der Waals surface area contributed by atoms with Gasteiger partial charge in [-0.3, -0.25) is 0 Å². The van der Waals surface area contributed by atoms with Gasteiger partial charge in [0.25, 0.3) is 0 Å².